The molecule has 1 heterocycles. The number of aryl methyl sites for hydroxylation is 3. The topological polar surface area (TPSA) is 29.9 Å². The zero-order valence-corrected chi connectivity index (χ0v) is 11.6. The van der Waals surface area contributed by atoms with Gasteiger partial charge in [0, 0.05) is 25.5 Å². The highest BCUT2D eigenvalue weighted by atomic mass is 15.1. The molecule has 3 heteroatoms. The molecule has 1 aromatic heterocycles. The molecule has 3 nitrogen and oxygen atoms in total. The van der Waals surface area contributed by atoms with Crippen LogP contribution >= 0.6 is 0 Å². The van der Waals surface area contributed by atoms with Crippen LogP contribution in [-0.4, -0.2) is 9.55 Å². The Morgan fingerprint density at radius 2 is 1.89 bits per heavy atom. The quantitative estimate of drug-likeness (QED) is 0.895. The van der Waals surface area contributed by atoms with E-state index in [1.165, 1.54) is 16.7 Å². The normalized spacial score (nSPS) is 12.7. The molecular weight excluding hydrogens is 222 g/mol. The Bertz CT molecular complexity index is 508. The third kappa shape index (κ3) is 2.99. The van der Waals surface area contributed by atoms with Crippen LogP contribution in [0.5, 0.6) is 0 Å². The summed E-state index contributed by atoms with van der Waals surface area (Å²) in [5, 5.41) is 3.51. The Balaban J connectivity index is 2.03. The van der Waals surface area contributed by atoms with Gasteiger partial charge in [-0.2, -0.15) is 0 Å². The zero-order chi connectivity index (χ0) is 13.1. The maximum Gasteiger partial charge on any atom is 0.122 e. The van der Waals surface area contributed by atoms with E-state index in [4.69, 9.17) is 0 Å². The number of nitrogens with one attached hydrogen (secondary N) is 1. The predicted octanol–water partition coefficient (Wildman–Crippen LogP) is 2.89. The number of hydrogen-bond acceptors (Lipinski definition) is 2. The number of benzene rings is 1. The van der Waals surface area contributed by atoms with Crippen LogP contribution in [0.1, 0.15) is 35.5 Å². The Hall–Kier alpha value is -1.61. The summed E-state index contributed by atoms with van der Waals surface area (Å²) >= 11 is 0. The third-order valence-corrected chi connectivity index (χ3v) is 3.23. The molecule has 0 spiro atoms. The number of aromatic nitrogens is 2. The number of imidazole rings is 1. The Kier molecular flexibility index (Phi) is 3.82. The number of rotatable bonds is 4. The first-order valence-electron chi connectivity index (χ1n) is 6.34. The van der Waals surface area contributed by atoms with Crippen molar-refractivity contribution in [1.82, 2.24) is 14.9 Å². The van der Waals surface area contributed by atoms with Crippen molar-refractivity contribution in [2.75, 3.05) is 0 Å². The molecule has 0 amide bonds. The second-order valence-electron chi connectivity index (χ2n) is 4.98. The molecule has 1 aromatic carbocycles. The van der Waals surface area contributed by atoms with E-state index in [1.807, 2.05) is 24.0 Å². The highest BCUT2D eigenvalue weighted by Crippen LogP contribution is 2.16. The van der Waals surface area contributed by atoms with Gasteiger partial charge < -0.3 is 9.88 Å². The number of nitrogens with zero attached hydrogens (tertiary/aromatic N) is 2. The van der Waals surface area contributed by atoms with Crippen LogP contribution in [0.25, 0.3) is 0 Å². The standard InChI is InChI=1S/C15H21N3/c1-11-7-12(2)9-14(8-11)13(3)17-10-15-16-5-6-18(15)4/h5-9,13,17H,10H2,1-4H3. The van der Waals surface area contributed by atoms with E-state index in [-0.39, 0.29) is 0 Å². The Morgan fingerprint density at radius 3 is 2.44 bits per heavy atom. The Morgan fingerprint density at radius 1 is 1.22 bits per heavy atom. The van der Waals surface area contributed by atoms with Gasteiger partial charge in [0.2, 0.25) is 0 Å². The summed E-state index contributed by atoms with van der Waals surface area (Å²) in [5.74, 6) is 1.06. The zero-order valence-electron chi connectivity index (χ0n) is 11.6. The van der Waals surface area contributed by atoms with E-state index in [2.05, 4.69) is 49.3 Å². The van der Waals surface area contributed by atoms with Crippen molar-refractivity contribution in [3.05, 3.63) is 53.1 Å². The average molecular weight is 243 g/mol. The minimum absolute atomic E-state index is 0.334. The van der Waals surface area contributed by atoms with Crippen LogP contribution in [-0.2, 0) is 13.6 Å². The lowest BCUT2D eigenvalue weighted by atomic mass is 10.0. The van der Waals surface area contributed by atoms with Gasteiger partial charge in [0.1, 0.15) is 5.82 Å². The first-order chi connectivity index (χ1) is 8.56. The van der Waals surface area contributed by atoms with Crippen LogP contribution in [0.4, 0.5) is 0 Å². The summed E-state index contributed by atoms with van der Waals surface area (Å²) in [6.07, 6.45) is 3.80. The summed E-state index contributed by atoms with van der Waals surface area (Å²) in [7, 11) is 2.02. The maximum absolute atomic E-state index is 4.32. The molecule has 0 aliphatic heterocycles. The van der Waals surface area contributed by atoms with Crippen molar-refractivity contribution >= 4 is 0 Å². The van der Waals surface area contributed by atoms with E-state index < -0.39 is 0 Å². The molecule has 0 saturated heterocycles. The molecule has 1 atom stereocenters. The van der Waals surface area contributed by atoms with Crippen LogP contribution in [0.15, 0.2) is 30.6 Å². The van der Waals surface area contributed by atoms with Crippen molar-refractivity contribution in [3.8, 4) is 0 Å². The fraction of sp³-hybridized carbons (Fsp3) is 0.400. The molecule has 1 N–H and O–H groups in total. The molecule has 0 saturated carbocycles. The van der Waals surface area contributed by atoms with Gasteiger partial charge in [-0.3, -0.25) is 0 Å². The highest BCUT2D eigenvalue weighted by molar-refractivity contribution is 5.30. The number of hydrogen-bond donors (Lipinski definition) is 1. The summed E-state index contributed by atoms with van der Waals surface area (Å²) in [5.41, 5.74) is 3.97. The first kappa shape index (κ1) is 12.8. The smallest absolute Gasteiger partial charge is 0.122 e. The van der Waals surface area contributed by atoms with Crippen LogP contribution in [0.2, 0.25) is 0 Å². The molecule has 0 aliphatic rings. The molecule has 18 heavy (non-hydrogen) atoms. The largest absolute Gasteiger partial charge is 0.337 e. The molecule has 0 fully saturated rings. The Labute approximate surface area is 109 Å². The first-order valence-corrected chi connectivity index (χ1v) is 6.34. The lowest BCUT2D eigenvalue weighted by Gasteiger charge is -2.15. The molecule has 96 valence electrons. The summed E-state index contributed by atoms with van der Waals surface area (Å²) in [6.45, 7) is 7.26. The third-order valence-electron chi connectivity index (χ3n) is 3.23. The molecule has 2 rings (SSSR count). The van der Waals surface area contributed by atoms with E-state index in [9.17, 15) is 0 Å². The van der Waals surface area contributed by atoms with E-state index >= 15 is 0 Å². The van der Waals surface area contributed by atoms with E-state index in [1.54, 1.807) is 0 Å². The van der Waals surface area contributed by atoms with E-state index in [0.29, 0.717) is 6.04 Å². The van der Waals surface area contributed by atoms with Crippen molar-refractivity contribution in [2.24, 2.45) is 7.05 Å². The summed E-state index contributed by atoms with van der Waals surface area (Å²) in [6, 6.07) is 7.02. The summed E-state index contributed by atoms with van der Waals surface area (Å²) in [4.78, 5) is 4.32. The fourth-order valence-electron chi connectivity index (χ4n) is 2.19. The SMILES string of the molecule is Cc1cc(C)cc(C(C)NCc2nccn2C)c1. The summed E-state index contributed by atoms with van der Waals surface area (Å²) < 4.78 is 2.04. The van der Waals surface area contributed by atoms with Gasteiger partial charge in [0.25, 0.3) is 0 Å². The van der Waals surface area contributed by atoms with Gasteiger partial charge in [0.05, 0.1) is 6.54 Å². The van der Waals surface area contributed by atoms with Crippen molar-refractivity contribution < 1.29 is 0 Å². The maximum atomic E-state index is 4.32. The van der Waals surface area contributed by atoms with Gasteiger partial charge in [-0.25, -0.2) is 4.98 Å². The fourth-order valence-corrected chi connectivity index (χ4v) is 2.19. The minimum Gasteiger partial charge on any atom is -0.337 e. The van der Waals surface area contributed by atoms with Gasteiger partial charge in [-0.05, 0) is 26.3 Å². The van der Waals surface area contributed by atoms with Crippen LogP contribution in [0, 0.1) is 13.8 Å². The lowest BCUT2D eigenvalue weighted by molar-refractivity contribution is 0.549. The van der Waals surface area contributed by atoms with Gasteiger partial charge in [-0.1, -0.05) is 29.3 Å². The minimum atomic E-state index is 0.334. The average Bonchev–Trinajstić information content (AvgIpc) is 2.70. The monoisotopic (exact) mass is 243 g/mol. The molecule has 0 radical (unpaired) electrons. The molecule has 0 bridgehead atoms. The van der Waals surface area contributed by atoms with Gasteiger partial charge in [0.15, 0.2) is 0 Å². The van der Waals surface area contributed by atoms with Crippen molar-refractivity contribution in [2.45, 2.75) is 33.4 Å². The second-order valence-corrected chi connectivity index (χ2v) is 4.98. The molecular formula is C15H21N3. The molecule has 0 aliphatic carbocycles. The van der Waals surface area contributed by atoms with Crippen molar-refractivity contribution in [3.63, 3.8) is 0 Å². The van der Waals surface area contributed by atoms with Crippen LogP contribution < -0.4 is 5.32 Å². The van der Waals surface area contributed by atoms with Gasteiger partial charge >= 0.3 is 0 Å². The van der Waals surface area contributed by atoms with Gasteiger partial charge in [-0.15, -0.1) is 0 Å². The predicted molar refractivity (Wildman–Crippen MR) is 74.4 cm³/mol. The lowest BCUT2D eigenvalue weighted by Crippen LogP contribution is -2.20. The van der Waals surface area contributed by atoms with Crippen molar-refractivity contribution in [1.29, 1.82) is 0 Å². The molecule has 1 unspecified atom stereocenters. The van der Waals surface area contributed by atoms with Crippen LogP contribution in [0.3, 0.4) is 0 Å². The van der Waals surface area contributed by atoms with E-state index in [0.717, 1.165) is 12.4 Å². The highest BCUT2D eigenvalue weighted by Gasteiger charge is 2.07. The second kappa shape index (κ2) is 5.36. The molecule has 2 aromatic rings.